The van der Waals surface area contributed by atoms with Crippen LogP contribution in [0.3, 0.4) is 0 Å². The van der Waals surface area contributed by atoms with E-state index in [1.54, 1.807) is 0 Å². The Morgan fingerprint density at radius 2 is 1.95 bits per heavy atom. The molecule has 0 radical (unpaired) electrons. The van der Waals surface area contributed by atoms with E-state index in [0.29, 0.717) is 6.54 Å². The maximum atomic E-state index is 6.37. The highest BCUT2D eigenvalue weighted by atomic mass is 15.3. The molecular weight excluding hydrogens is 246 g/mol. The molecule has 2 aromatic carbocycles. The van der Waals surface area contributed by atoms with Gasteiger partial charge in [0, 0.05) is 11.4 Å². The van der Waals surface area contributed by atoms with E-state index in [4.69, 9.17) is 5.73 Å². The second-order valence-corrected chi connectivity index (χ2v) is 5.35. The fourth-order valence-corrected chi connectivity index (χ4v) is 2.70. The molecule has 0 aliphatic carbocycles. The predicted molar refractivity (Wildman–Crippen MR) is 82.6 cm³/mol. The summed E-state index contributed by atoms with van der Waals surface area (Å²) in [5.74, 6) is 0. The number of benzene rings is 2. The number of nitrogens with two attached hydrogens (primary N) is 1. The topological polar surface area (TPSA) is 43.8 Å². The standard InChI is InChI=1S/C17H19N3/c1-12-7-8-15(13(2)9-12)16(18)11-20-17-6-4-3-5-14(17)10-19-20/h3-10,16H,11,18H2,1-2H3. The molecule has 2 N–H and O–H groups in total. The van der Waals surface area contributed by atoms with Gasteiger partial charge in [-0.25, -0.2) is 0 Å². The second-order valence-electron chi connectivity index (χ2n) is 5.35. The Kier molecular flexibility index (Phi) is 3.28. The number of aromatic nitrogens is 2. The molecule has 20 heavy (non-hydrogen) atoms. The molecule has 3 rings (SSSR count). The molecule has 0 spiro atoms. The minimum absolute atomic E-state index is 0.0427. The van der Waals surface area contributed by atoms with Crippen LogP contribution in [-0.4, -0.2) is 9.78 Å². The SMILES string of the molecule is Cc1ccc(C(N)Cn2ncc3ccccc32)c(C)c1. The number of hydrogen-bond acceptors (Lipinski definition) is 2. The van der Waals surface area contributed by atoms with Crippen molar-refractivity contribution in [3.63, 3.8) is 0 Å². The molecule has 0 fully saturated rings. The van der Waals surface area contributed by atoms with Crippen molar-refractivity contribution in [3.8, 4) is 0 Å². The molecule has 1 heterocycles. The number of aryl methyl sites for hydroxylation is 2. The van der Waals surface area contributed by atoms with Gasteiger partial charge in [-0.2, -0.15) is 5.10 Å². The number of nitrogens with zero attached hydrogens (tertiary/aromatic N) is 2. The molecule has 0 saturated heterocycles. The monoisotopic (exact) mass is 265 g/mol. The maximum Gasteiger partial charge on any atom is 0.0683 e. The Morgan fingerprint density at radius 1 is 1.15 bits per heavy atom. The van der Waals surface area contributed by atoms with Crippen LogP contribution >= 0.6 is 0 Å². The van der Waals surface area contributed by atoms with Gasteiger partial charge in [-0.3, -0.25) is 4.68 Å². The quantitative estimate of drug-likeness (QED) is 0.789. The van der Waals surface area contributed by atoms with Gasteiger partial charge in [0.05, 0.1) is 18.3 Å². The van der Waals surface area contributed by atoms with Gasteiger partial charge in [-0.05, 0) is 31.0 Å². The number of para-hydroxylation sites is 1. The zero-order valence-corrected chi connectivity index (χ0v) is 11.9. The van der Waals surface area contributed by atoms with E-state index in [2.05, 4.69) is 49.3 Å². The van der Waals surface area contributed by atoms with Gasteiger partial charge in [0.2, 0.25) is 0 Å². The Balaban J connectivity index is 1.90. The van der Waals surface area contributed by atoms with E-state index in [9.17, 15) is 0 Å². The van der Waals surface area contributed by atoms with Crippen molar-refractivity contribution < 1.29 is 0 Å². The highest BCUT2D eigenvalue weighted by Crippen LogP contribution is 2.20. The van der Waals surface area contributed by atoms with Crippen molar-refractivity contribution >= 4 is 10.9 Å². The summed E-state index contributed by atoms with van der Waals surface area (Å²) in [5, 5.41) is 5.60. The molecular formula is C17H19N3. The molecule has 1 aromatic heterocycles. The molecule has 0 amide bonds. The smallest absolute Gasteiger partial charge is 0.0683 e. The summed E-state index contributed by atoms with van der Waals surface area (Å²) in [6, 6.07) is 14.6. The minimum atomic E-state index is -0.0427. The van der Waals surface area contributed by atoms with E-state index in [1.165, 1.54) is 16.7 Å². The van der Waals surface area contributed by atoms with Gasteiger partial charge >= 0.3 is 0 Å². The molecule has 0 bridgehead atoms. The van der Waals surface area contributed by atoms with Gasteiger partial charge in [0.1, 0.15) is 0 Å². The summed E-state index contributed by atoms with van der Waals surface area (Å²) in [5.41, 5.74) is 11.2. The Morgan fingerprint density at radius 3 is 2.75 bits per heavy atom. The first kappa shape index (κ1) is 12.9. The average Bonchev–Trinajstić information content (AvgIpc) is 2.82. The molecule has 0 aliphatic rings. The van der Waals surface area contributed by atoms with Crippen LogP contribution in [0.1, 0.15) is 22.7 Å². The third kappa shape index (κ3) is 2.32. The van der Waals surface area contributed by atoms with Crippen LogP contribution in [0, 0.1) is 13.8 Å². The van der Waals surface area contributed by atoms with Gasteiger partial charge in [0.15, 0.2) is 0 Å². The highest BCUT2D eigenvalue weighted by molar-refractivity contribution is 5.78. The first-order valence-corrected chi connectivity index (χ1v) is 6.88. The van der Waals surface area contributed by atoms with Gasteiger partial charge < -0.3 is 5.73 Å². The van der Waals surface area contributed by atoms with E-state index in [0.717, 1.165) is 10.9 Å². The van der Waals surface area contributed by atoms with Crippen LogP contribution in [-0.2, 0) is 6.54 Å². The molecule has 3 nitrogen and oxygen atoms in total. The van der Waals surface area contributed by atoms with Crippen molar-refractivity contribution in [2.75, 3.05) is 0 Å². The Labute approximate surface area is 119 Å². The van der Waals surface area contributed by atoms with E-state index in [-0.39, 0.29) is 6.04 Å². The van der Waals surface area contributed by atoms with Crippen molar-refractivity contribution in [2.45, 2.75) is 26.4 Å². The van der Waals surface area contributed by atoms with Crippen LogP contribution < -0.4 is 5.73 Å². The molecule has 0 saturated carbocycles. The third-order valence-corrected chi connectivity index (χ3v) is 3.75. The summed E-state index contributed by atoms with van der Waals surface area (Å²) < 4.78 is 1.99. The largest absolute Gasteiger partial charge is 0.322 e. The third-order valence-electron chi connectivity index (χ3n) is 3.75. The fourth-order valence-electron chi connectivity index (χ4n) is 2.70. The van der Waals surface area contributed by atoms with Crippen LogP contribution in [0.5, 0.6) is 0 Å². The lowest BCUT2D eigenvalue weighted by Crippen LogP contribution is -2.19. The first-order chi connectivity index (χ1) is 9.65. The van der Waals surface area contributed by atoms with Crippen molar-refractivity contribution in [2.24, 2.45) is 5.73 Å². The zero-order valence-electron chi connectivity index (χ0n) is 11.9. The summed E-state index contributed by atoms with van der Waals surface area (Å²) >= 11 is 0. The Hall–Kier alpha value is -2.13. The molecule has 1 atom stereocenters. The number of rotatable bonds is 3. The lowest BCUT2D eigenvalue weighted by molar-refractivity contribution is 0.540. The van der Waals surface area contributed by atoms with Gasteiger partial charge in [-0.15, -0.1) is 0 Å². The van der Waals surface area contributed by atoms with Crippen molar-refractivity contribution in [3.05, 3.63) is 65.4 Å². The second kappa shape index (κ2) is 5.10. The Bertz CT molecular complexity index is 743. The summed E-state index contributed by atoms with van der Waals surface area (Å²) in [4.78, 5) is 0. The zero-order chi connectivity index (χ0) is 14.1. The highest BCUT2D eigenvalue weighted by Gasteiger charge is 2.11. The average molecular weight is 265 g/mol. The summed E-state index contributed by atoms with van der Waals surface area (Å²) in [6.45, 7) is 4.91. The van der Waals surface area contributed by atoms with E-state index >= 15 is 0 Å². The molecule has 3 aromatic rings. The molecule has 1 unspecified atom stereocenters. The van der Waals surface area contributed by atoms with Crippen molar-refractivity contribution in [1.82, 2.24) is 9.78 Å². The van der Waals surface area contributed by atoms with Crippen LogP contribution in [0.4, 0.5) is 0 Å². The van der Waals surface area contributed by atoms with Gasteiger partial charge in [-0.1, -0.05) is 42.0 Å². The normalized spacial score (nSPS) is 12.8. The van der Waals surface area contributed by atoms with Crippen LogP contribution in [0.2, 0.25) is 0 Å². The van der Waals surface area contributed by atoms with E-state index < -0.39 is 0 Å². The lowest BCUT2D eigenvalue weighted by Gasteiger charge is -2.16. The van der Waals surface area contributed by atoms with Crippen LogP contribution in [0.15, 0.2) is 48.7 Å². The number of fused-ring (bicyclic) bond motifs is 1. The molecule has 3 heteroatoms. The summed E-state index contributed by atoms with van der Waals surface area (Å²) in [7, 11) is 0. The molecule has 102 valence electrons. The van der Waals surface area contributed by atoms with Crippen molar-refractivity contribution in [1.29, 1.82) is 0 Å². The molecule has 0 aliphatic heterocycles. The minimum Gasteiger partial charge on any atom is -0.322 e. The van der Waals surface area contributed by atoms with Crippen LogP contribution in [0.25, 0.3) is 10.9 Å². The summed E-state index contributed by atoms with van der Waals surface area (Å²) in [6.07, 6.45) is 1.89. The first-order valence-electron chi connectivity index (χ1n) is 6.88. The maximum absolute atomic E-state index is 6.37. The van der Waals surface area contributed by atoms with Gasteiger partial charge in [0.25, 0.3) is 0 Å². The lowest BCUT2D eigenvalue weighted by atomic mass is 10.00. The number of hydrogen-bond donors (Lipinski definition) is 1. The predicted octanol–water partition coefficient (Wildman–Crippen LogP) is 3.35. The van der Waals surface area contributed by atoms with E-state index in [1.807, 2.05) is 23.0 Å². The fraction of sp³-hybridized carbons (Fsp3) is 0.235.